The fourth-order valence-corrected chi connectivity index (χ4v) is 11.4. The van der Waals surface area contributed by atoms with Gasteiger partial charge in [0, 0.05) is 87.4 Å². The molecule has 97 heavy (non-hydrogen) atoms. The quantitative estimate of drug-likeness (QED) is 0.0500. The summed E-state index contributed by atoms with van der Waals surface area (Å²) in [5.41, 5.74) is 6.43. The maximum absolute atomic E-state index is 14.9. The number of hydrogen-bond donors (Lipinski definition) is 3. The number of anilines is 3. The molecule has 25 heteroatoms. The van der Waals surface area contributed by atoms with Crippen molar-refractivity contribution in [2.75, 3.05) is 69.6 Å². The lowest BCUT2D eigenvalue weighted by molar-refractivity contribution is -0.170. The van der Waals surface area contributed by atoms with Crippen LogP contribution in [0.3, 0.4) is 0 Å². The molecular weight excluding hydrogens is 1240 g/mol. The summed E-state index contributed by atoms with van der Waals surface area (Å²) in [7, 11) is 2.93. The summed E-state index contributed by atoms with van der Waals surface area (Å²) < 4.78 is 48.5. The Hall–Kier alpha value is -10.9. The topological polar surface area (TPSA) is 319 Å². The number of oxazole rings is 1. The van der Waals surface area contributed by atoms with Crippen molar-refractivity contribution in [2.45, 2.75) is 82.3 Å². The van der Waals surface area contributed by atoms with Gasteiger partial charge in [0.1, 0.15) is 65.4 Å². The van der Waals surface area contributed by atoms with E-state index in [9.17, 15) is 44.1 Å². The van der Waals surface area contributed by atoms with Crippen molar-refractivity contribution in [3.05, 3.63) is 157 Å². The molecule has 3 N–H and O–H groups in total. The lowest BCUT2D eigenvalue weighted by Gasteiger charge is -2.34. The summed E-state index contributed by atoms with van der Waals surface area (Å²) >= 11 is 0. The van der Waals surface area contributed by atoms with E-state index in [1.807, 2.05) is 48.5 Å². The molecule has 0 spiro atoms. The van der Waals surface area contributed by atoms with E-state index in [1.165, 1.54) is 25.3 Å². The number of amides is 5. The third-order valence-electron chi connectivity index (χ3n) is 17.4. The SMILES string of the molecule is C=C[C@@H]1C[C@H]1C(=O)Nc1cc(-c2ccc(OC3CCOCC3)c(C#N)c2)ccn1.CON(C)C(=O)[C@@H]1C[C@H]1C(=O)Nc1cc(-c2ccc(OC3CCOCC3)c(C#N)c2)ccn1.N#Cc1cc(-c2cc(NC(=O)C3CC3)ccn2)ccc1O[C@H]1CCN(C(=O)c2cnco2)C[C@H]1F. The van der Waals surface area contributed by atoms with Gasteiger partial charge in [-0.15, -0.1) is 6.58 Å². The Morgan fingerprint density at radius 1 is 0.629 bits per heavy atom. The highest BCUT2D eigenvalue weighted by molar-refractivity contribution is 5.99. The summed E-state index contributed by atoms with van der Waals surface area (Å²) in [4.78, 5) is 84.1. The number of alkyl halides is 1. The van der Waals surface area contributed by atoms with Crippen LogP contribution >= 0.6 is 0 Å². The van der Waals surface area contributed by atoms with Gasteiger partial charge in [-0.1, -0.05) is 18.2 Å². The van der Waals surface area contributed by atoms with Crippen LogP contribution in [-0.4, -0.2) is 138 Å². The Bertz CT molecular complexity index is 4160. The Labute approximate surface area is 559 Å². The monoisotopic (exact) mass is 1310 g/mol. The molecule has 3 aliphatic heterocycles. The molecule has 4 aromatic heterocycles. The maximum Gasteiger partial charge on any atom is 0.291 e. The summed E-state index contributed by atoms with van der Waals surface area (Å²) in [5.74, 6) is 1.00. The number of pyridine rings is 3. The van der Waals surface area contributed by atoms with E-state index in [4.69, 9.17) is 32.9 Å². The van der Waals surface area contributed by atoms with Crippen molar-refractivity contribution >= 4 is 46.9 Å². The molecule has 7 aromatic rings. The van der Waals surface area contributed by atoms with E-state index in [2.05, 4.69) is 60.7 Å². The molecule has 5 amide bonds. The molecular formula is C72H71FN12O12. The average Bonchev–Trinajstić information content (AvgIpc) is 1.70. The number of aromatic nitrogens is 4. The Kier molecular flexibility index (Phi) is 22.0. The number of likely N-dealkylation sites (tertiary alicyclic amines) is 1. The number of hydroxylamine groups is 2. The molecule has 0 unspecified atom stereocenters. The van der Waals surface area contributed by atoms with E-state index in [1.54, 1.807) is 67.1 Å². The predicted octanol–water partition coefficient (Wildman–Crippen LogP) is 10.3. The zero-order valence-corrected chi connectivity index (χ0v) is 53.4. The normalized spacial score (nSPS) is 20.1. The number of carbonyl (C=O) groups excluding carboxylic acids is 5. The van der Waals surface area contributed by atoms with Crippen molar-refractivity contribution in [2.24, 2.45) is 29.6 Å². The molecule has 6 fully saturated rings. The van der Waals surface area contributed by atoms with E-state index >= 15 is 0 Å². The Morgan fingerprint density at radius 3 is 1.68 bits per heavy atom. The third kappa shape index (κ3) is 17.5. The minimum atomic E-state index is -1.43. The van der Waals surface area contributed by atoms with Crippen molar-refractivity contribution in [3.63, 3.8) is 0 Å². The lowest BCUT2D eigenvalue weighted by Crippen LogP contribution is -2.49. The van der Waals surface area contributed by atoms with Gasteiger partial charge in [0.15, 0.2) is 12.6 Å². The number of benzene rings is 3. The second-order valence-electron chi connectivity index (χ2n) is 24.1. The smallest absolute Gasteiger partial charge is 0.291 e. The number of hydrogen-bond acceptors (Lipinski definition) is 19. The van der Waals surface area contributed by atoms with Crippen LogP contribution in [0.5, 0.6) is 17.2 Å². The highest BCUT2D eigenvalue weighted by Gasteiger charge is 2.49. The first-order valence-corrected chi connectivity index (χ1v) is 32.0. The number of nitriles is 3. The average molecular weight is 1320 g/mol. The van der Waals surface area contributed by atoms with Gasteiger partial charge in [-0.25, -0.2) is 24.4 Å². The standard InChI is InChI=1S/C25H22FN5O4.C24H26N4O5.C23H23N3O3/c26-19-13-31(25(33)23-12-28-14-34-23)8-6-22(19)35-21-4-3-16(9-17(21)11-27)20-10-18(5-7-29-20)30-24(32)15-1-2-15;1-28(31-2)24(30)20-13-19(20)23(29)27-22-12-16(5-8-26-22)15-3-4-21(17(11-15)14-25)33-18-6-9-32-10-7-18;1-2-15-12-20(15)23(27)26-22-13-17(5-8-25-22)16-3-4-21(18(11-16)14-24)29-19-6-9-28-10-7-19/h3-5,7,9-10,12,14-15,19,22H,1-2,6,8,13H2,(H,29,30,32);3-5,8,11-12,18-20H,6-7,9-10,13H2,1-2H3,(H,26,27,29);2-5,8,11,13,15,19-20H,1,6-7,9-10,12H2,(H,25,26,27)/t19-,22+;19-,20-;15-,20-/m111/s1. The summed E-state index contributed by atoms with van der Waals surface area (Å²) in [6, 6.07) is 33.2. The zero-order chi connectivity index (χ0) is 68.0. The van der Waals surface area contributed by atoms with Crippen molar-refractivity contribution < 1.29 is 61.3 Å². The molecule has 0 bridgehead atoms. The van der Waals surface area contributed by atoms with Gasteiger partial charge in [0.2, 0.25) is 29.4 Å². The summed E-state index contributed by atoms with van der Waals surface area (Å²) in [5, 5.41) is 38.6. The number of nitrogens with zero attached hydrogens (tertiary/aromatic N) is 9. The molecule has 3 saturated heterocycles. The number of carbonyl (C=O) groups is 5. The fourth-order valence-electron chi connectivity index (χ4n) is 11.4. The largest absolute Gasteiger partial charge is 0.489 e. The molecule has 7 heterocycles. The maximum atomic E-state index is 14.9. The Morgan fingerprint density at radius 2 is 1.16 bits per heavy atom. The molecule has 3 saturated carbocycles. The van der Waals surface area contributed by atoms with Gasteiger partial charge >= 0.3 is 0 Å². The first-order chi connectivity index (χ1) is 47.2. The van der Waals surface area contributed by atoms with Crippen LogP contribution in [0.1, 0.15) is 85.0 Å². The molecule has 24 nitrogen and oxygen atoms in total. The third-order valence-corrected chi connectivity index (χ3v) is 17.4. The molecule has 6 aliphatic rings. The molecule has 13 rings (SSSR count). The molecule has 0 radical (unpaired) electrons. The minimum Gasteiger partial charge on any atom is -0.489 e. The van der Waals surface area contributed by atoms with Crippen LogP contribution < -0.4 is 30.2 Å². The number of piperidine rings is 1. The van der Waals surface area contributed by atoms with Gasteiger partial charge in [-0.2, -0.15) is 15.8 Å². The van der Waals surface area contributed by atoms with Crippen LogP contribution in [0.25, 0.3) is 33.5 Å². The molecule has 498 valence electrons. The molecule has 3 aromatic carbocycles. The first-order valence-electron chi connectivity index (χ1n) is 32.0. The predicted molar refractivity (Wildman–Crippen MR) is 350 cm³/mol. The number of rotatable bonds is 19. The Balaban J connectivity index is 0.000000148. The number of ether oxygens (including phenoxy) is 5. The van der Waals surface area contributed by atoms with E-state index < -0.39 is 24.1 Å². The number of halogens is 1. The van der Waals surface area contributed by atoms with Crippen LogP contribution in [0.2, 0.25) is 0 Å². The first kappa shape index (κ1) is 67.5. The lowest BCUT2D eigenvalue weighted by atomic mass is 10.0. The van der Waals surface area contributed by atoms with E-state index in [-0.39, 0.29) is 96.1 Å². The van der Waals surface area contributed by atoms with Crippen LogP contribution in [0, 0.1) is 63.6 Å². The fraction of sp³-hybridized carbons (Fsp3) is 0.361. The van der Waals surface area contributed by atoms with E-state index in [0.29, 0.717) is 84.1 Å². The number of allylic oxidation sites excluding steroid dienone is 1. The number of nitrogens with one attached hydrogen (secondary N) is 3. The second kappa shape index (κ2) is 31.6. The van der Waals surface area contributed by atoms with Crippen LogP contribution in [0.4, 0.5) is 21.7 Å². The van der Waals surface area contributed by atoms with Crippen LogP contribution in [-0.2, 0) is 33.5 Å². The summed E-state index contributed by atoms with van der Waals surface area (Å²) in [6.45, 7) is 6.57. The minimum absolute atomic E-state index is 0.00189. The van der Waals surface area contributed by atoms with Gasteiger partial charge in [-0.05, 0) is 133 Å². The van der Waals surface area contributed by atoms with Crippen molar-refractivity contribution in [1.82, 2.24) is 29.9 Å². The van der Waals surface area contributed by atoms with E-state index in [0.717, 1.165) is 78.7 Å². The molecule has 6 atom stereocenters. The summed E-state index contributed by atoms with van der Waals surface area (Å²) in [6.07, 6.45) is 13.7. The molecule has 3 aliphatic carbocycles. The van der Waals surface area contributed by atoms with Crippen molar-refractivity contribution in [3.8, 4) is 69.0 Å². The van der Waals surface area contributed by atoms with Gasteiger partial charge < -0.3 is 49.0 Å². The highest BCUT2D eigenvalue weighted by atomic mass is 19.1. The van der Waals surface area contributed by atoms with Gasteiger partial charge in [0.25, 0.3) is 5.91 Å². The van der Waals surface area contributed by atoms with Crippen molar-refractivity contribution in [1.29, 1.82) is 15.8 Å². The second-order valence-corrected chi connectivity index (χ2v) is 24.1. The zero-order valence-electron chi connectivity index (χ0n) is 53.4. The van der Waals surface area contributed by atoms with Gasteiger partial charge in [-0.3, -0.25) is 33.8 Å². The van der Waals surface area contributed by atoms with Crippen LogP contribution in [0.15, 0.2) is 139 Å². The van der Waals surface area contributed by atoms with Gasteiger partial charge in [0.05, 0.1) is 80.5 Å². The highest BCUT2D eigenvalue weighted by Crippen LogP contribution is 2.42.